The fourth-order valence-corrected chi connectivity index (χ4v) is 3.27. The molecule has 2 heterocycles. The topological polar surface area (TPSA) is 93.0 Å². The van der Waals surface area contributed by atoms with Gasteiger partial charge in [-0.25, -0.2) is 4.98 Å². The molecule has 1 aliphatic heterocycles. The second-order valence-corrected chi connectivity index (χ2v) is 6.71. The highest BCUT2D eigenvalue weighted by Crippen LogP contribution is 2.24. The molecule has 0 bridgehead atoms. The van der Waals surface area contributed by atoms with E-state index in [0.29, 0.717) is 11.5 Å². The number of amides is 1. The van der Waals surface area contributed by atoms with Gasteiger partial charge in [0.2, 0.25) is 5.91 Å². The molecule has 0 saturated carbocycles. The zero-order valence-electron chi connectivity index (χ0n) is 14.5. The van der Waals surface area contributed by atoms with Crippen molar-refractivity contribution in [3.05, 3.63) is 48.0 Å². The zero-order valence-corrected chi connectivity index (χ0v) is 14.5. The first-order valence-corrected chi connectivity index (χ1v) is 8.92. The van der Waals surface area contributed by atoms with E-state index in [1.807, 2.05) is 30.3 Å². The Balaban J connectivity index is 1.47. The van der Waals surface area contributed by atoms with E-state index in [4.69, 9.17) is 10.5 Å². The van der Waals surface area contributed by atoms with Crippen LogP contribution in [-0.2, 0) is 0 Å². The SMILES string of the molecule is NC(=O)c1ccc2[nH]c(-c3ccc(OCC4CCNCC4)cc3)nc2c1. The second kappa shape index (κ2) is 7.17. The maximum absolute atomic E-state index is 11.3. The summed E-state index contributed by atoms with van der Waals surface area (Å²) in [6.45, 7) is 2.93. The number of nitrogens with two attached hydrogens (primary N) is 1. The van der Waals surface area contributed by atoms with Crippen LogP contribution in [0.2, 0.25) is 0 Å². The van der Waals surface area contributed by atoms with Gasteiger partial charge in [0.25, 0.3) is 0 Å². The number of fused-ring (bicyclic) bond motifs is 1. The highest BCUT2D eigenvalue weighted by Gasteiger charge is 2.14. The number of aromatic amines is 1. The van der Waals surface area contributed by atoms with Crippen molar-refractivity contribution in [2.75, 3.05) is 19.7 Å². The first-order chi connectivity index (χ1) is 12.7. The molecule has 4 rings (SSSR count). The van der Waals surface area contributed by atoms with Crippen molar-refractivity contribution in [1.82, 2.24) is 15.3 Å². The lowest BCUT2D eigenvalue weighted by atomic mass is 9.99. The minimum atomic E-state index is -0.452. The van der Waals surface area contributed by atoms with Crippen LogP contribution in [-0.4, -0.2) is 35.6 Å². The van der Waals surface area contributed by atoms with Crippen LogP contribution in [0.3, 0.4) is 0 Å². The molecule has 6 nitrogen and oxygen atoms in total. The lowest BCUT2D eigenvalue weighted by Crippen LogP contribution is -2.30. The van der Waals surface area contributed by atoms with Gasteiger partial charge in [-0.15, -0.1) is 0 Å². The maximum atomic E-state index is 11.3. The quantitative estimate of drug-likeness (QED) is 0.659. The van der Waals surface area contributed by atoms with Gasteiger partial charge in [0.15, 0.2) is 0 Å². The number of nitrogens with zero attached hydrogens (tertiary/aromatic N) is 1. The summed E-state index contributed by atoms with van der Waals surface area (Å²) in [5.41, 5.74) is 8.35. The molecule has 6 heteroatoms. The number of primary amides is 1. The number of imidazole rings is 1. The van der Waals surface area contributed by atoms with Crippen LogP contribution in [0.25, 0.3) is 22.4 Å². The third-order valence-electron chi connectivity index (χ3n) is 4.84. The van der Waals surface area contributed by atoms with Crippen LogP contribution in [0, 0.1) is 5.92 Å². The van der Waals surface area contributed by atoms with E-state index < -0.39 is 5.91 Å². The average molecular weight is 350 g/mol. The summed E-state index contributed by atoms with van der Waals surface area (Å²) in [5.74, 6) is 1.81. The summed E-state index contributed by atoms with van der Waals surface area (Å²) in [6.07, 6.45) is 2.34. The molecule has 3 aromatic rings. The molecule has 2 aromatic carbocycles. The molecule has 1 aromatic heterocycles. The molecule has 1 amide bonds. The van der Waals surface area contributed by atoms with Gasteiger partial charge >= 0.3 is 0 Å². The summed E-state index contributed by atoms with van der Waals surface area (Å²) >= 11 is 0. The first kappa shape index (κ1) is 16.6. The molecular formula is C20H22N4O2. The molecule has 1 aliphatic rings. The Kier molecular flexibility index (Phi) is 4.58. The van der Waals surface area contributed by atoms with Crippen LogP contribution in [0.15, 0.2) is 42.5 Å². The molecule has 134 valence electrons. The number of nitrogens with one attached hydrogen (secondary N) is 2. The summed E-state index contributed by atoms with van der Waals surface area (Å²) in [6, 6.07) is 13.1. The van der Waals surface area contributed by atoms with E-state index in [1.54, 1.807) is 12.1 Å². The van der Waals surface area contributed by atoms with E-state index in [9.17, 15) is 4.79 Å². The fraction of sp³-hybridized carbons (Fsp3) is 0.300. The Bertz CT molecular complexity index is 911. The van der Waals surface area contributed by atoms with Crippen molar-refractivity contribution in [2.24, 2.45) is 11.7 Å². The van der Waals surface area contributed by atoms with Crippen molar-refractivity contribution in [1.29, 1.82) is 0 Å². The van der Waals surface area contributed by atoms with E-state index in [-0.39, 0.29) is 0 Å². The number of carbonyl (C=O) groups excluding carboxylic acids is 1. The summed E-state index contributed by atoms with van der Waals surface area (Å²) in [5, 5.41) is 3.37. The Morgan fingerprint density at radius 3 is 2.65 bits per heavy atom. The molecule has 4 N–H and O–H groups in total. The van der Waals surface area contributed by atoms with E-state index >= 15 is 0 Å². The molecule has 26 heavy (non-hydrogen) atoms. The van der Waals surface area contributed by atoms with Gasteiger partial charge in [0, 0.05) is 11.1 Å². The Morgan fingerprint density at radius 1 is 1.15 bits per heavy atom. The molecular weight excluding hydrogens is 328 g/mol. The Hall–Kier alpha value is -2.86. The van der Waals surface area contributed by atoms with Gasteiger partial charge in [0.05, 0.1) is 17.6 Å². The van der Waals surface area contributed by atoms with Gasteiger partial charge in [-0.1, -0.05) is 0 Å². The lowest BCUT2D eigenvalue weighted by Gasteiger charge is -2.22. The van der Waals surface area contributed by atoms with Crippen molar-refractivity contribution in [3.8, 4) is 17.1 Å². The van der Waals surface area contributed by atoms with Crippen molar-refractivity contribution in [2.45, 2.75) is 12.8 Å². The van der Waals surface area contributed by atoms with Gasteiger partial charge in [-0.05, 0) is 74.3 Å². The smallest absolute Gasteiger partial charge is 0.248 e. The van der Waals surface area contributed by atoms with Crippen LogP contribution in [0.4, 0.5) is 0 Å². The fourth-order valence-electron chi connectivity index (χ4n) is 3.27. The number of hydrogen-bond acceptors (Lipinski definition) is 4. The number of aromatic nitrogens is 2. The van der Waals surface area contributed by atoms with E-state index in [1.165, 1.54) is 12.8 Å². The number of rotatable bonds is 5. The van der Waals surface area contributed by atoms with E-state index in [0.717, 1.165) is 47.9 Å². The van der Waals surface area contributed by atoms with Crippen LogP contribution >= 0.6 is 0 Å². The first-order valence-electron chi connectivity index (χ1n) is 8.92. The molecule has 0 aliphatic carbocycles. The standard InChI is InChI=1S/C20H22N4O2/c21-19(25)15-3-6-17-18(11-15)24-20(23-17)14-1-4-16(5-2-14)26-12-13-7-9-22-10-8-13/h1-6,11,13,22H,7-10,12H2,(H2,21,25)(H,23,24). The normalized spacial score (nSPS) is 15.2. The highest BCUT2D eigenvalue weighted by molar-refractivity contribution is 5.96. The van der Waals surface area contributed by atoms with E-state index in [2.05, 4.69) is 15.3 Å². The number of carbonyl (C=O) groups is 1. The number of piperidine rings is 1. The monoisotopic (exact) mass is 350 g/mol. The van der Waals surface area contributed by atoms with Crippen LogP contribution in [0.5, 0.6) is 5.75 Å². The zero-order chi connectivity index (χ0) is 17.9. The van der Waals surface area contributed by atoms with Gasteiger partial charge in [-0.2, -0.15) is 0 Å². The second-order valence-electron chi connectivity index (χ2n) is 6.71. The molecule has 0 unspecified atom stereocenters. The van der Waals surface area contributed by atoms with Gasteiger partial charge in [0.1, 0.15) is 11.6 Å². The minimum absolute atomic E-state index is 0.452. The highest BCUT2D eigenvalue weighted by atomic mass is 16.5. The molecule has 0 atom stereocenters. The number of ether oxygens (including phenoxy) is 1. The van der Waals surface area contributed by atoms with Crippen molar-refractivity contribution in [3.63, 3.8) is 0 Å². The molecule has 0 radical (unpaired) electrons. The Labute approximate surface area is 151 Å². The summed E-state index contributed by atoms with van der Waals surface area (Å²) < 4.78 is 5.93. The minimum Gasteiger partial charge on any atom is -0.493 e. The maximum Gasteiger partial charge on any atom is 0.248 e. The largest absolute Gasteiger partial charge is 0.493 e. The van der Waals surface area contributed by atoms with Gasteiger partial charge < -0.3 is 20.8 Å². The molecule has 0 spiro atoms. The molecule has 1 saturated heterocycles. The number of H-pyrrole nitrogens is 1. The Morgan fingerprint density at radius 2 is 1.92 bits per heavy atom. The third kappa shape index (κ3) is 3.55. The average Bonchev–Trinajstić information content (AvgIpc) is 3.11. The lowest BCUT2D eigenvalue weighted by molar-refractivity contribution is 0.100. The predicted molar refractivity (Wildman–Crippen MR) is 101 cm³/mol. The predicted octanol–water partition coefficient (Wildman–Crippen LogP) is 2.71. The number of benzene rings is 2. The number of hydrogen-bond donors (Lipinski definition) is 3. The van der Waals surface area contributed by atoms with Crippen molar-refractivity contribution >= 4 is 16.9 Å². The van der Waals surface area contributed by atoms with Crippen LogP contribution < -0.4 is 15.8 Å². The third-order valence-corrected chi connectivity index (χ3v) is 4.84. The summed E-state index contributed by atoms with van der Waals surface area (Å²) in [7, 11) is 0. The summed E-state index contributed by atoms with van der Waals surface area (Å²) in [4.78, 5) is 19.1. The van der Waals surface area contributed by atoms with Crippen molar-refractivity contribution < 1.29 is 9.53 Å². The van der Waals surface area contributed by atoms with Gasteiger partial charge in [-0.3, -0.25) is 4.79 Å². The van der Waals surface area contributed by atoms with Crippen LogP contribution in [0.1, 0.15) is 23.2 Å². The molecule has 1 fully saturated rings.